The van der Waals surface area contributed by atoms with Crippen molar-refractivity contribution in [2.75, 3.05) is 24.6 Å². The molecule has 4 heterocycles. The fourth-order valence-electron chi connectivity index (χ4n) is 4.29. The number of rotatable bonds is 3. The van der Waals surface area contributed by atoms with Crippen molar-refractivity contribution in [3.05, 3.63) is 35.0 Å². The van der Waals surface area contributed by atoms with Crippen molar-refractivity contribution in [3.8, 4) is 0 Å². The summed E-state index contributed by atoms with van der Waals surface area (Å²) in [5, 5.41) is 4.21. The van der Waals surface area contributed by atoms with Crippen molar-refractivity contribution in [1.82, 2.24) is 29.7 Å². The highest BCUT2D eigenvalue weighted by atomic mass is 19.4. The zero-order valence-electron chi connectivity index (χ0n) is 18.1. The van der Waals surface area contributed by atoms with E-state index in [0.717, 1.165) is 17.0 Å². The molecule has 170 valence electrons. The molecule has 0 amide bonds. The van der Waals surface area contributed by atoms with Crippen LogP contribution in [0.1, 0.15) is 47.5 Å². The maximum Gasteiger partial charge on any atom is 0.391 e. The number of morpholine rings is 1. The minimum Gasteiger partial charge on any atom is -0.370 e. The molecule has 1 saturated heterocycles. The van der Waals surface area contributed by atoms with Gasteiger partial charge in [0, 0.05) is 31.3 Å². The van der Waals surface area contributed by atoms with Gasteiger partial charge in [-0.05, 0) is 26.7 Å². The molecule has 32 heavy (non-hydrogen) atoms. The number of aryl methyl sites for hydroxylation is 3. The molecule has 1 atom stereocenters. The number of anilines is 1. The summed E-state index contributed by atoms with van der Waals surface area (Å²) in [6.07, 6.45) is -0.657. The molecule has 1 aliphatic heterocycles. The molecule has 1 aliphatic carbocycles. The van der Waals surface area contributed by atoms with Gasteiger partial charge in [0.05, 0.1) is 42.3 Å². The molecule has 1 saturated carbocycles. The Kier molecular flexibility index (Phi) is 5.03. The van der Waals surface area contributed by atoms with Crippen LogP contribution in [0.5, 0.6) is 0 Å². The minimum atomic E-state index is -4.18. The molecule has 2 fully saturated rings. The molecular weight excluding hydrogens is 423 g/mol. The Labute approximate surface area is 182 Å². The Morgan fingerprint density at radius 1 is 1.06 bits per heavy atom. The average Bonchev–Trinajstić information content (AvgIpc) is 3.13. The lowest BCUT2D eigenvalue weighted by atomic mass is 9.72. The van der Waals surface area contributed by atoms with Crippen LogP contribution >= 0.6 is 0 Å². The second kappa shape index (κ2) is 7.65. The molecule has 11 heteroatoms. The number of fused-ring (bicyclic) bond motifs is 1. The second-order valence-corrected chi connectivity index (χ2v) is 8.64. The van der Waals surface area contributed by atoms with Gasteiger partial charge in [0.1, 0.15) is 11.6 Å². The summed E-state index contributed by atoms with van der Waals surface area (Å²) in [7, 11) is 1.85. The molecule has 0 bridgehead atoms. The van der Waals surface area contributed by atoms with Gasteiger partial charge in [-0.25, -0.2) is 15.0 Å². The molecular formula is C21H24F3N7O. The summed E-state index contributed by atoms with van der Waals surface area (Å²) in [6, 6.07) is 0. The third-order valence-corrected chi connectivity index (χ3v) is 6.39. The van der Waals surface area contributed by atoms with Crippen LogP contribution in [0.4, 0.5) is 19.1 Å². The highest BCUT2D eigenvalue weighted by Gasteiger charge is 2.49. The van der Waals surface area contributed by atoms with E-state index in [2.05, 4.69) is 20.1 Å². The SMILES string of the molecule is Cc1nc2nc(N3CCOC(c4cnn(C)c4)C3)nc(C3CC(C(F)(F)F)C3)c2nc1C. The van der Waals surface area contributed by atoms with Crippen molar-refractivity contribution in [2.45, 2.75) is 44.9 Å². The Morgan fingerprint density at radius 2 is 1.81 bits per heavy atom. The molecule has 1 unspecified atom stereocenters. The van der Waals surface area contributed by atoms with Crippen LogP contribution in [-0.2, 0) is 11.8 Å². The standard InChI is InChI=1S/C21H24F3N7O/c1-11-12(2)27-19-18(26-11)17(13-6-15(7-13)21(22,23)24)28-20(29-19)31-4-5-32-16(10-31)14-8-25-30(3)9-14/h8-9,13,15-16H,4-7,10H2,1-3H3. The molecule has 0 spiro atoms. The van der Waals surface area contributed by atoms with Crippen LogP contribution in [0.3, 0.4) is 0 Å². The second-order valence-electron chi connectivity index (χ2n) is 8.64. The number of hydrogen-bond donors (Lipinski definition) is 0. The van der Waals surface area contributed by atoms with Crippen LogP contribution in [0, 0.1) is 19.8 Å². The summed E-state index contributed by atoms with van der Waals surface area (Å²) in [4.78, 5) is 20.5. The first-order valence-electron chi connectivity index (χ1n) is 10.6. The number of hydrogen-bond acceptors (Lipinski definition) is 7. The third kappa shape index (κ3) is 3.78. The molecule has 0 radical (unpaired) electrons. The molecule has 5 rings (SSSR count). The minimum absolute atomic E-state index is 0.0189. The van der Waals surface area contributed by atoms with E-state index in [-0.39, 0.29) is 24.9 Å². The Morgan fingerprint density at radius 3 is 2.50 bits per heavy atom. The number of aromatic nitrogens is 6. The van der Waals surface area contributed by atoms with Crippen molar-refractivity contribution >= 4 is 17.1 Å². The quantitative estimate of drug-likeness (QED) is 0.609. The third-order valence-electron chi connectivity index (χ3n) is 6.39. The average molecular weight is 447 g/mol. The number of alkyl halides is 3. The van der Waals surface area contributed by atoms with Gasteiger partial charge in [-0.1, -0.05) is 0 Å². The Bertz CT molecular complexity index is 1160. The first kappa shape index (κ1) is 21.0. The molecule has 2 aliphatic rings. The van der Waals surface area contributed by atoms with Gasteiger partial charge in [-0.3, -0.25) is 4.68 Å². The lowest BCUT2D eigenvalue weighted by Crippen LogP contribution is -2.40. The first-order chi connectivity index (χ1) is 15.2. The first-order valence-corrected chi connectivity index (χ1v) is 10.6. The predicted molar refractivity (Wildman–Crippen MR) is 110 cm³/mol. The lowest BCUT2D eigenvalue weighted by Gasteiger charge is -2.37. The molecule has 3 aromatic heterocycles. The van der Waals surface area contributed by atoms with Crippen LogP contribution in [0.25, 0.3) is 11.2 Å². The van der Waals surface area contributed by atoms with Crippen LogP contribution in [0.15, 0.2) is 12.4 Å². The Hall–Kier alpha value is -2.82. The molecule has 8 nitrogen and oxygen atoms in total. The van der Waals surface area contributed by atoms with E-state index < -0.39 is 12.1 Å². The summed E-state index contributed by atoms with van der Waals surface area (Å²) < 4.78 is 46.9. The number of halogens is 3. The van der Waals surface area contributed by atoms with Gasteiger partial charge in [-0.15, -0.1) is 0 Å². The van der Waals surface area contributed by atoms with E-state index in [1.807, 2.05) is 32.0 Å². The number of nitrogens with zero attached hydrogens (tertiary/aromatic N) is 7. The largest absolute Gasteiger partial charge is 0.391 e. The van der Waals surface area contributed by atoms with E-state index >= 15 is 0 Å². The highest BCUT2D eigenvalue weighted by Crippen LogP contribution is 2.50. The summed E-state index contributed by atoms with van der Waals surface area (Å²) in [6.45, 7) is 5.26. The molecule has 0 N–H and O–H groups in total. The van der Waals surface area contributed by atoms with Gasteiger partial charge in [0.25, 0.3) is 0 Å². The number of ether oxygens (including phenoxy) is 1. The zero-order chi connectivity index (χ0) is 22.6. The van der Waals surface area contributed by atoms with Gasteiger partial charge >= 0.3 is 6.18 Å². The topological polar surface area (TPSA) is 81.9 Å². The van der Waals surface area contributed by atoms with Gasteiger partial charge in [-0.2, -0.15) is 23.3 Å². The normalized spacial score (nSPS) is 24.1. The van der Waals surface area contributed by atoms with Crippen molar-refractivity contribution in [3.63, 3.8) is 0 Å². The van der Waals surface area contributed by atoms with Crippen molar-refractivity contribution < 1.29 is 17.9 Å². The van der Waals surface area contributed by atoms with Gasteiger partial charge < -0.3 is 9.64 Å². The molecule has 3 aromatic rings. The van der Waals surface area contributed by atoms with E-state index in [1.54, 1.807) is 10.9 Å². The van der Waals surface area contributed by atoms with Crippen molar-refractivity contribution in [1.29, 1.82) is 0 Å². The van der Waals surface area contributed by atoms with Gasteiger partial charge in [0.2, 0.25) is 5.95 Å². The van der Waals surface area contributed by atoms with E-state index in [9.17, 15) is 13.2 Å². The van der Waals surface area contributed by atoms with Crippen LogP contribution in [0.2, 0.25) is 0 Å². The summed E-state index contributed by atoms with van der Waals surface area (Å²) in [5.41, 5.74) is 3.91. The van der Waals surface area contributed by atoms with Crippen LogP contribution in [-0.4, -0.2) is 55.6 Å². The fraction of sp³-hybridized carbons (Fsp3) is 0.571. The Balaban J connectivity index is 1.50. The smallest absolute Gasteiger partial charge is 0.370 e. The maximum absolute atomic E-state index is 13.1. The van der Waals surface area contributed by atoms with E-state index in [1.165, 1.54) is 0 Å². The maximum atomic E-state index is 13.1. The van der Waals surface area contributed by atoms with Crippen LogP contribution < -0.4 is 4.90 Å². The zero-order valence-corrected chi connectivity index (χ0v) is 18.1. The summed E-state index contributed by atoms with van der Waals surface area (Å²) in [5.74, 6) is -1.14. The summed E-state index contributed by atoms with van der Waals surface area (Å²) >= 11 is 0. The van der Waals surface area contributed by atoms with E-state index in [4.69, 9.17) is 9.72 Å². The monoisotopic (exact) mass is 447 g/mol. The fourth-order valence-corrected chi connectivity index (χ4v) is 4.29. The van der Waals surface area contributed by atoms with Crippen molar-refractivity contribution in [2.24, 2.45) is 13.0 Å². The lowest BCUT2D eigenvalue weighted by molar-refractivity contribution is -0.197. The predicted octanol–water partition coefficient (Wildman–Crippen LogP) is 3.40. The molecule has 0 aromatic carbocycles. The van der Waals surface area contributed by atoms with Gasteiger partial charge in [0.15, 0.2) is 5.65 Å². The van der Waals surface area contributed by atoms with E-state index in [0.29, 0.717) is 42.5 Å². The highest BCUT2D eigenvalue weighted by molar-refractivity contribution is 5.75.